The van der Waals surface area contributed by atoms with E-state index >= 15 is 0 Å². The van der Waals surface area contributed by atoms with E-state index in [9.17, 15) is 9.18 Å². The molecule has 1 aromatic rings. The van der Waals surface area contributed by atoms with Crippen molar-refractivity contribution in [2.45, 2.75) is 32.2 Å². The van der Waals surface area contributed by atoms with Crippen molar-refractivity contribution in [2.24, 2.45) is 5.92 Å². The van der Waals surface area contributed by atoms with Crippen LogP contribution in [-0.2, 0) is 4.79 Å². The van der Waals surface area contributed by atoms with Crippen molar-refractivity contribution in [3.8, 4) is 0 Å². The summed E-state index contributed by atoms with van der Waals surface area (Å²) >= 11 is 0. The second-order valence-electron chi connectivity index (χ2n) is 5.35. The van der Waals surface area contributed by atoms with Crippen LogP contribution >= 0.6 is 0 Å². The third kappa shape index (κ3) is 3.53. The zero-order valence-electron chi connectivity index (χ0n) is 11.2. The molecule has 1 aliphatic heterocycles. The van der Waals surface area contributed by atoms with Crippen LogP contribution in [0, 0.1) is 11.7 Å². The van der Waals surface area contributed by atoms with Gasteiger partial charge in [0.2, 0.25) is 0 Å². The Morgan fingerprint density at radius 2 is 2.05 bits per heavy atom. The molecule has 1 unspecified atom stereocenters. The van der Waals surface area contributed by atoms with Crippen molar-refractivity contribution in [3.05, 3.63) is 35.6 Å². The zero-order valence-corrected chi connectivity index (χ0v) is 11.2. The minimum atomic E-state index is -0.883. The number of aliphatic carboxylic acids is 1. The van der Waals surface area contributed by atoms with E-state index in [1.54, 1.807) is 18.2 Å². The van der Waals surface area contributed by atoms with Crippen LogP contribution in [0.5, 0.6) is 0 Å². The average Bonchev–Trinajstić information content (AvgIpc) is 2.38. The highest BCUT2D eigenvalue weighted by Crippen LogP contribution is 2.30. The number of nitrogens with zero attached hydrogens (tertiary/aromatic N) is 1. The summed E-state index contributed by atoms with van der Waals surface area (Å²) in [5.41, 5.74) is 0.499. The number of piperidine rings is 1. The van der Waals surface area contributed by atoms with E-state index in [0.717, 1.165) is 25.9 Å². The van der Waals surface area contributed by atoms with Gasteiger partial charge in [-0.25, -0.2) is 4.39 Å². The molecule has 1 atom stereocenters. The Bertz CT molecular complexity index is 442. The first-order chi connectivity index (χ1) is 9.08. The lowest BCUT2D eigenvalue weighted by Gasteiger charge is -2.36. The second-order valence-corrected chi connectivity index (χ2v) is 5.35. The van der Waals surface area contributed by atoms with Crippen molar-refractivity contribution in [2.75, 3.05) is 13.1 Å². The van der Waals surface area contributed by atoms with Crippen molar-refractivity contribution in [1.82, 2.24) is 4.90 Å². The molecule has 104 valence electrons. The smallest absolute Gasteiger partial charge is 0.305 e. The number of hydrogen-bond acceptors (Lipinski definition) is 2. The van der Waals surface area contributed by atoms with Crippen molar-refractivity contribution in [1.29, 1.82) is 0 Å². The fourth-order valence-electron chi connectivity index (χ4n) is 2.69. The lowest BCUT2D eigenvalue weighted by atomic mass is 9.94. The number of carboxylic acid groups (broad SMARTS) is 1. The molecular formula is C15H20FNO2. The quantitative estimate of drug-likeness (QED) is 0.909. The summed E-state index contributed by atoms with van der Waals surface area (Å²) in [6, 6.07) is 6.14. The molecule has 0 spiro atoms. The number of likely N-dealkylation sites (tertiary alicyclic amines) is 1. The predicted octanol–water partition coefficient (Wildman–Crippen LogP) is 3.07. The number of carboxylic acids is 1. The molecule has 1 aromatic carbocycles. The van der Waals surface area contributed by atoms with Gasteiger partial charge in [-0.2, -0.15) is 0 Å². The van der Waals surface area contributed by atoms with Crippen LogP contribution in [0.25, 0.3) is 0 Å². The topological polar surface area (TPSA) is 40.5 Å². The molecule has 0 amide bonds. The Morgan fingerprint density at radius 3 is 2.63 bits per heavy atom. The van der Waals surface area contributed by atoms with E-state index in [2.05, 4.69) is 11.8 Å². The Kier molecular flexibility index (Phi) is 4.53. The summed E-state index contributed by atoms with van der Waals surface area (Å²) in [7, 11) is 0. The lowest BCUT2D eigenvalue weighted by molar-refractivity contribution is -0.138. The summed E-state index contributed by atoms with van der Waals surface area (Å²) in [6.45, 7) is 3.88. The van der Waals surface area contributed by atoms with Crippen molar-refractivity contribution < 1.29 is 14.3 Å². The molecule has 1 saturated heterocycles. The average molecular weight is 265 g/mol. The Balaban J connectivity index is 2.21. The van der Waals surface area contributed by atoms with E-state index in [0.29, 0.717) is 11.5 Å². The number of benzene rings is 1. The summed E-state index contributed by atoms with van der Waals surface area (Å²) < 4.78 is 13.9. The largest absolute Gasteiger partial charge is 0.481 e. The molecule has 1 aliphatic rings. The fourth-order valence-corrected chi connectivity index (χ4v) is 2.69. The molecule has 1 heterocycles. The highest BCUT2D eigenvalue weighted by molar-refractivity contribution is 5.68. The van der Waals surface area contributed by atoms with Gasteiger partial charge in [0.15, 0.2) is 0 Å². The maximum atomic E-state index is 13.9. The minimum Gasteiger partial charge on any atom is -0.481 e. The monoisotopic (exact) mass is 265 g/mol. The highest BCUT2D eigenvalue weighted by atomic mass is 19.1. The van der Waals surface area contributed by atoms with Crippen LogP contribution in [0.15, 0.2) is 24.3 Å². The van der Waals surface area contributed by atoms with Crippen LogP contribution in [0.2, 0.25) is 0 Å². The molecule has 0 saturated carbocycles. The molecule has 2 rings (SSSR count). The minimum absolute atomic E-state index is 0.0463. The van der Waals surface area contributed by atoms with E-state index in [-0.39, 0.29) is 18.3 Å². The van der Waals surface area contributed by atoms with Gasteiger partial charge < -0.3 is 5.11 Å². The molecule has 1 N–H and O–H groups in total. The third-order valence-corrected chi connectivity index (χ3v) is 3.89. The van der Waals surface area contributed by atoms with Gasteiger partial charge in [0.1, 0.15) is 5.82 Å². The van der Waals surface area contributed by atoms with E-state index in [4.69, 9.17) is 5.11 Å². The van der Waals surface area contributed by atoms with Gasteiger partial charge in [-0.3, -0.25) is 9.69 Å². The summed E-state index contributed by atoms with van der Waals surface area (Å²) in [6.07, 6.45) is 2.05. The predicted molar refractivity (Wildman–Crippen MR) is 71.4 cm³/mol. The van der Waals surface area contributed by atoms with E-state index in [1.807, 2.05) is 0 Å². The van der Waals surface area contributed by atoms with Gasteiger partial charge >= 0.3 is 5.97 Å². The molecule has 0 bridgehead atoms. The maximum absolute atomic E-state index is 13.9. The number of halogens is 1. The second kappa shape index (κ2) is 6.15. The molecule has 19 heavy (non-hydrogen) atoms. The first-order valence-electron chi connectivity index (χ1n) is 6.78. The van der Waals surface area contributed by atoms with E-state index in [1.165, 1.54) is 6.07 Å². The normalized spacial score (nSPS) is 19.3. The van der Waals surface area contributed by atoms with Crippen LogP contribution < -0.4 is 0 Å². The SMILES string of the molecule is CC1CCN(C(CC(=O)O)c2ccccc2F)CC1. The number of carbonyl (C=O) groups is 1. The van der Waals surface area contributed by atoms with Crippen LogP contribution in [0.1, 0.15) is 37.8 Å². The van der Waals surface area contributed by atoms with Gasteiger partial charge in [-0.15, -0.1) is 0 Å². The van der Waals surface area contributed by atoms with Crippen LogP contribution in [0.3, 0.4) is 0 Å². The molecule has 1 fully saturated rings. The molecule has 0 radical (unpaired) electrons. The van der Waals surface area contributed by atoms with Crippen molar-refractivity contribution >= 4 is 5.97 Å². The van der Waals surface area contributed by atoms with E-state index < -0.39 is 5.97 Å². The molecule has 4 heteroatoms. The van der Waals surface area contributed by atoms with Crippen LogP contribution in [-0.4, -0.2) is 29.1 Å². The van der Waals surface area contributed by atoms with Gasteiger partial charge in [-0.1, -0.05) is 25.1 Å². The molecule has 0 aromatic heterocycles. The lowest BCUT2D eigenvalue weighted by Crippen LogP contribution is -2.37. The van der Waals surface area contributed by atoms with Crippen LogP contribution in [0.4, 0.5) is 4.39 Å². The highest BCUT2D eigenvalue weighted by Gasteiger charge is 2.28. The summed E-state index contributed by atoms with van der Waals surface area (Å²) in [5.74, 6) is -0.526. The Morgan fingerprint density at radius 1 is 1.42 bits per heavy atom. The maximum Gasteiger partial charge on any atom is 0.305 e. The van der Waals surface area contributed by atoms with Gasteiger partial charge in [-0.05, 0) is 37.9 Å². The standard InChI is InChI=1S/C15H20FNO2/c1-11-6-8-17(9-7-11)14(10-15(18)19)12-4-2-3-5-13(12)16/h2-5,11,14H,6-10H2,1H3,(H,18,19). The number of hydrogen-bond donors (Lipinski definition) is 1. The first-order valence-corrected chi connectivity index (χ1v) is 6.78. The van der Waals surface area contributed by atoms with Gasteiger partial charge in [0.05, 0.1) is 6.42 Å². The van der Waals surface area contributed by atoms with Crippen molar-refractivity contribution in [3.63, 3.8) is 0 Å². The number of rotatable bonds is 4. The van der Waals surface area contributed by atoms with Gasteiger partial charge in [0.25, 0.3) is 0 Å². The fraction of sp³-hybridized carbons (Fsp3) is 0.533. The first kappa shape index (κ1) is 14.0. The zero-order chi connectivity index (χ0) is 13.8. The third-order valence-electron chi connectivity index (χ3n) is 3.89. The molecular weight excluding hydrogens is 245 g/mol. The summed E-state index contributed by atoms with van der Waals surface area (Å²) in [4.78, 5) is 13.2. The Labute approximate surface area is 113 Å². The Hall–Kier alpha value is -1.42. The summed E-state index contributed by atoms with van der Waals surface area (Å²) in [5, 5.41) is 9.07. The van der Waals surface area contributed by atoms with Gasteiger partial charge in [0, 0.05) is 11.6 Å². The molecule has 0 aliphatic carbocycles. The molecule has 3 nitrogen and oxygen atoms in total.